The summed E-state index contributed by atoms with van der Waals surface area (Å²) in [6.45, 7) is 4.11. The summed E-state index contributed by atoms with van der Waals surface area (Å²) in [4.78, 5) is 15.3. The van der Waals surface area contributed by atoms with E-state index in [1.54, 1.807) is 18.2 Å². The number of allylic oxidation sites excluding steroid dienone is 1. The van der Waals surface area contributed by atoms with Gasteiger partial charge in [0.2, 0.25) is 5.78 Å². The number of hydrogen-bond acceptors (Lipinski definition) is 4. The molecule has 0 aliphatic carbocycles. The highest BCUT2D eigenvalue weighted by molar-refractivity contribution is 6.15. The van der Waals surface area contributed by atoms with Crippen LogP contribution in [0.5, 0.6) is 11.5 Å². The van der Waals surface area contributed by atoms with Gasteiger partial charge in [0.05, 0.1) is 5.56 Å². The Morgan fingerprint density at radius 3 is 2.62 bits per heavy atom. The Kier molecular flexibility index (Phi) is 5.50. The number of benzene rings is 3. The van der Waals surface area contributed by atoms with E-state index in [4.69, 9.17) is 9.47 Å². The van der Waals surface area contributed by atoms with E-state index < -0.39 is 0 Å². The molecule has 0 unspecified atom stereocenters. The molecule has 0 saturated heterocycles. The molecule has 2 aliphatic heterocycles. The number of carbonyl (C=O) groups is 1. The molecule has 0 N–H and O–H groups in total. The van der Waals surface area contributed by atoms with Gasteiger partial charge in [-0.2, -0.15) is 0 Å². The van der Waals surface area contributed by atoms with Gasteiger partial charge in [-0.05, 0) is 55.2 Å². The van der Waals surface area contributed by atoms with Crippen molar-refractivity contribution in [3.63, 3.8) is 0 Å². The molecule has 5 heteroatoms. The zero-order valence-electron chi connectivity index (χ0n) is 17.9. The molecule has 0 bridgehead atoms. The molecule has 0 saturated carbocycles. The minimum Gasteiger partial charge on any atom is -0.477 e. The van der Waals surface area contributed by atoms with Crippen molar-refractivity contribution in [2.45, 2.75) is 26.3 Å². The first-order valence-corrected chi connectivity index (χ1v) is 10.8. The number of carbonyl (C=O) groups excluding carboxylic acids is 1. The van der Waals surface area contributed by atoms with Crippen molar-refractivity contribution in [2.75, 3.05) is 13.3 Å². The Bertz CT molecular complexity index is 1190. The van der Waals surface area contributed by atoms with Crippen LogP contribution in [0.4, 0.5) is 4.39 Å². The Labute approximate surface area is 186 Å². The zero-order valence-corrected chi connectivity index (χ0v) is 17.9. The first-order chi connectivity index (χ1) is 15.6. The predicted molar refractivity (Wildman–Crippen MR) is 121 cm³/mol. The van der Waals surface area contributed by atoms with Crippen molar-refractivity contribution in [3.8, 4) is 11.5 Å². The van der Waals surface area contributed by atoms with Crippen molar-refractivity contribution < 1.29 is 18.7 Å². The fraction of sp³-hybridized carbons (Fsp3) is 0.222. The second-order valence-corrected chi connectivity index (χ2v) is 8.27. The van der Waals surface area contributed by atoms with Crippen molar-refractivity contribution >= 4 is 11.9 Å². The number of ether oxygens (including phenoxy) is 2. The largest absolute Gasteiger partial charge is 0.477 e. The average Bonchev–Trinajstić information content (AvgIpc) is 3.12. The number of hydrogen-bond donors (Lipinski definition) is 0. The van der Waals surface area contributed by atoms with Crippen LogP contribution in [-0.4, -0.2) is 24.0 Å². The van der Waals surface area contributed by atoms with E-state index in [1.165, 1.54) is 17.7 Å². The van der Waals surface area contributed by atoms with Gasteiger partial charge in [0.15, 0.2) is 5.76 Å². The first kappa shape index (κ1) is 20.5. The van der Waals surface area contributed by atoms with Crippen LogP contribution in [0.25, 0.3) is 6.08 Å². The third-order valence-electron chi connectivity index (χ3n) is 5.95. The van der Waals surface area contributed by atoms with Gasteiger partial charge in [0, 0.05) is 24.2 Å². The summed E-state index contributed by atoms with van der Waals surface area (Å²) in [6.07, 6.45) is 3.72. The summed E-state index contributed by atoms with van der Waals surface area (Å²) >= 11 is 0. The van der Waals surface area contributed by atoms with Gasteiger partial charge >= 0.3 is 0 Å². The molecular weight excluding hydrogens is 405 g/mol. The third-order valence-corrected chi connectivity index (χ3v) is 5.95. The van der Waals surface area contributed by atoms with Crippen LogP contribution in [-0.2, 0) is 13.0 Å². The monoisotopic (exact) mass is 429 g/mol. The highest BCUT2D eigenvalue weighted by atomic mass is 19.1. The summed E-state index contributed by atoms with van der Waals surface area (Å²) in [7, 11) is 0. The number of nitrogens with zero attached hydrogens (tertiary/aromatic N) is 1. The predicted octanol–water partition coefficient (Wildman–Crippen LogP) is 5.54. The Morgan fingerprint density at radius 1 is 1.06 bits per heavy atom. The number of ketones is 1. The number of rotatable bonds is 5. The van der Waals surface area contributed by atoms with Crippen LogP contribution >= 0.6 is 0 Å². The molecule has 0 amide bonds. The fourth-order valence-electron chi connectivity index (χ4n) is 4.30. The molecular formula is C27H24FNO3. The maximum atomic E-state index is 13.2. The van der Waals surface area contributed by atoms with Gasteiger partial charge in [-0.15, -0.1) is 0 Å². The van der Waals surface area contributed by atoms with Crippen LogP contribution in [0.1, 0.15) is 39.0 Å². The van der Waals surface area contributed by atoms with Gasteiger partial charge in [-0.1, -0.05) is 42.5 Å². The van der Waals surface area contributed by atoms with Crippen LogP contribution in [0.2, 0.25) is 0 Å². The molecule has 3 aromatic carbocycles. The minimum atomic E-state index is -0.317. The van der Waals surface area contributed by atoms with E-state index in [0.717, 1.165) is 42.8 Å². The van der Waals surface area contributed by atoms with Gasteiger partial charge in [-0.25, -0.2) is 4.39 Å². The average molecular weight is 429 g/mol. The topological polar surface area (TPSA) is 38.8 Å². The Hall–Kier alpha value is -3.44. The van der Waals surface area contributed by atoms with Gasteiger partial charge in [0.1, 0.15) is 24.0 Å². The summed E-state index contributed by atoms with van der Waals surface area (Å²) in [5, 5.41) is 0. The van der Waals surface area contributed by atoms with E-state index >= 15 is 0 Å². The lowest BCUT2D eigenvalue weighted by atomic mass is 10.00. The first-order valence-electron chi connectivity index (χ1n) is 10.8. The van der Waals surface area contributed by atoms with E-state index in [-0.39, 0.29) is 17.4 Å². The lowest BCUT2D eigenvalue weighted by Crippen LogP contribution is -2.33. The van der Waals surface area contributed by atoms with E-state index in [9.17, 15) is 9.18 Å². The smallest absolute Gasteiger partial charge is 0.231 e. The molecule has 0 radical (unpaired) electrons. The lowest BCUT2D eigenvalue weighted by molar-refractivity contribution is 0.0932. The number of halogens is 1. The second-order valence-electron chi connectivity index (χ2n) is 8.27. The number of aryl methyl sites for hydroxylation is 1. The molecule has 4 nitrogen and oxygen atoms in total. The van der Waals surface area contributed by atoms with E-state index in [1.807, 2.05) is 19.1 Å². The molecule has 5 rings (SSSR count). The minimum absolute atomic E-state index is 0.156. The highest BCUT2D eigenvalue weighted by Gasteiger charge is 2.33. The highest BCUT2D eigenvalue weighted by Crippen LogP contribution is 2.43. The number of Topliss-reactive ketones (excluding diaryl/α,β-unsaturated/α-hetero) is 1. The summed E-state index contributed by atoms with van der Waals surface area (Å²) < 4.78 is 25.2. The van der Waals surface area contributed by atoms with E-state index in [0.29, 0.717) is 23.6 Å². The standard InChI is InChI=1S/C27H24FNO3/c1-18-26-21(16-29(17-31-26)13-5-8-19-6-3-2-4-7-19)15-23-25(30)24(32-27(18)23)14-20-9-11-22(28)12-10-20/h2-4,6-7,9-12,14-15H,5,8,13,16-17H2,1H3/b24-14-. The normalized spacial score (nSPS) is 16.4. The van der Waals surface area contributed by atoms with Crippen molar-refractivity contribution in [2.24, 2.45) is 0 Å². The quantitative estimate of drug-likeness (QED) is 0.500. The number of fused-ring (bicyclic) bond motifs is 2. The molecule has 162 valence electrons. The zero-order chi connectivity index (χ0) is 22.1. The van der Waals surface area contributed by atoms with Crippen molar-refractivity contribution in [1.82, 2.24) is 4.90 Å². The molecule has 2 heterocycles. The molecule has 0 aromatic heterocycles. The maximum absolute atomic E-state index is 13.2. The summed E-state index contributed by atoms with van der Waals surface area (Å²) in [5.41, 5.74) is 4.46. The van der Waals surface area contributed by atoms with Gasteiger partial charge < -0.3 is 9.47 Å². The fourth-order valence-corrected chi connectivity index (χ4v) is 4.30. The van der Waals surface area contributed by atoms with Crippen molar-refractivity contribution in [3.05, 3.63) is 100 Å². The summed E-state index contributed by atoms with van der Waals surface area (Å²) in [5.74, 6) is 1.13. The third kappa shape index (κ3) is 4.04. The maximum Gasteiger partial charge on any atom is 0.231 e. The SMILES string of the molecule is Cc1c2c(cc3c1O/C(=C\c1ccc(F)cc1)C3=O)CN(CCCc1ccccc1)CO2. The molecule has 2 aliphatic rings. The molecule has 0 atom stereocenters. The molecule has 3 aromatic rings. The second kappa shape index (κ2) is 8.60. The van der Waals surface area contributed by atoms with Crippen LogP contribution in [0, 0.1) is 12.7 Å². The Balaban J connectivity index is 1.31. The van der Waals surface area contributed by atoms with Crippen molar-refractivity contribution in [1.29, 1.82) is 0 Å². The van der Waals surface area contributed by atoms with Crippen LogP contribution < -0.4 is 9.47 Å². The molecule has 0 fully saturated rings. The lowest BCUT2D eigenvalue weighted by Gasteiger charge is -2.30. The van der Waals surface area contributed by atoms with Crippen LogP contribution in [0.3, 0.4) is 0 Å². The van der Waals surface area contributed by atoms with Gasteiger partial charge in [0.25, 0.3) is 0 Å². The van der Waals surface area contributed by atoms with Gasteiger partial charge in [-0.3, -0.25) is 9.69 Å². The van der Waals surface area contributed by atoms with Crippen LogP contribution in [0.15, 0.2) is 66.4 Å². The molecule has 0 spiro atoms. The Morgan fingerprint density at radius 2 is 1.84 bits per heavy atom. The summed E-state index contributed by atoms with van der Waals surface area (Å²) in [6, 6.07) is 18.3. The molecule has 32 heavy (non-hydrogen) atoms. The van der Waals surface area contributed by atoms with E-state index in [2.05, 4.69) is 29.2 Å².